The van der Waals surface area contributed by atoms with Crippen LogP contribution in [0, 0.1) is 17.0 Å². The lowest BCUT2D eigenvalue weighted by Gasteiger charge is -2.16. The van der Waals surface area contributed by atoms with E-state index in [4.69, 9.17) is 0 Å². The smallest absolute Gasteiger partial charge is 0.273 e. The zero-order chi connectivity index (χ0) is 17.9. The van der Waals surface area contributed by atoms with E-state index in [1.54, 1.807) is 13.0 Å². The molecular weight excluding hydrogens is 304 g/mol. The van der Waals surface area contributed by atoms with Gasteiger partial charge in [0.05, 0.1) is 11.0 Å². The Kier molecular flexibility index (Phi) is 5.34. The van der Waals surface area contributed by atoms with Crippen molar-refractivity contribution in [2.45, 2.75) is 39.7 Å². The van der Waals surface area contributed by atoms with Gasteiger partial charge in [0.2, 0.25) is 0 Å². The molecule has 1 N–H and O–H groups in total. The van der Waals surface area contributed by atoms with Gasteiger partial charge < -0.3 is 5.32 Å². The predicted molar refractivity (Wildman–Crippen MR) is 94.2 cm³/mol. The summed E-state index contributed by atoms with van der Waals surface area (Å²) < 4.78 is 0. The minimum absolute atomic E-state index is 0.0448. The number of nitrogens with zero attached hydrogens (tertiary/aromatic N) is 1. The van der Waals surface area contributed by atoms with Crippen molar-refractivity contribution < 1.29 is 9.72 Å². The molecule has 0 aliphatic rings. The van der Waals surface area contributed by atoms with Crippen molar-refractivity contribution in [2.24, 2.45) is 0 Å². The molecule has 5 heteroatoms. The molecule has 1 atom stereocenters. The maximum atomic E-state index is 12.5. The summed E-state index contributed by atoms with van der Waals surface area (Å²) in [6.45, 7) is 7.75. The van der Waals surface area contributed by atoms with Gasteiger partial charge in [0.15, 0.2) is 0 Å². The van der Waals surface area contributed by atoms with Crippen molar-refractivity contribution in [3.05, 3.63) is 74.8 Å². The molecule has 0 aromatic heterocycles. The second kappa shape index (κ2) is 7.25. The first kappa shape index (κ1) is 17.7. The fraction of sp³-hybridized carbons (Fsp3) is 0.316. The van der Waals surface area contributed by atoms with Gasteiger partial charge in [-0.25, -0.2) is 0 Å². The van der Waals surface area contributed by atoms with Gasteiger partial charge in [-0.05, 0) is 37.0 Å². The number of rotatable bonds is 5. The molecule has 2 aromatic rings. The quantitative estimate of drug-likeness (QED) is 0.648. The van der Waals surface area contributed by atoms with Crippen molar-refractivity contribution in [1.29, 1.82) is 0 Å². The van der Waals surface area contributed by atoms with Crippen molar-refractivity contribution in [1.82, 2.24) is 5.32 Å². The van der Waals surface area contributed by atoms with Crippen LogP contribution in [0.3, 0.4) is 0 Å². The molecule has 0 fully saturated rings. The van der Waals surface area contributed by atoms with Crippen LogP contribution in [-0.2, 0) is 0 Å². The summed E-state index contributed by atoms with van der Waals surface area (Å²) in [4.78, 5) is 23.0. The molecular formula is C19H22N2O3. The Hall–Kier alpha value is -2.69. The van der Waals surface area contributed by atoms with Gasteiger partial charge in [0, 0.05) is 17.2 Å². The highest BCUT2D eigenvalue weighted by molar-refractivity contribution is 5.96. The van der Waals surface area contributed by atoms with Crippen molar-refractivity contribution >= 4 is 11.6 Å². The van der Waals surface area contributed by atoms with Crippen LogP contribution >= 0.6 is 0 Å². The van der Waals surface area contributed by atoms with Gasteiger partial charge in [0.25, 0.3) is 11.6 Å². The van der Waals surface area contributed by atoms with Crippen molar-refractivity contribution in [2.75, 3.05) is 0 Å². The highest BCUT2D eigenvalue weighted by atomic mass is 16.6. The predicted octanol–water partition coefficient (Wildman–Crippen LogP) is 4.52. The molecule has 0 aliphatic heterocycles. The molecule has 1 amide bonds. The number of nitrogens with one attached hydrogen (secondary N) is 1. The minimum atomic E-state index is -0.472. The normalized spacial score (nSPS) is 12.0. The Bertz CT molecular complexity index is 752. The van der Waals surface area contributed by atoms with Crippen LogP contribution in [0.5, 0.6) is 0 Å². The average molecular weight is 326 g/mol. The van der Waals surface area contributed by atoms with E-state index in [2.05, 4.69) is 31.3 Å². The Labute approximate surface area is 141 Å². The van der Waals surface area contributed by atoms with E-state index in [0.29, 0.717) is 17.0 Å². The van der Waals surface area contributed by atoms with Crippen LogP contribution in [0.25, 0.3) is 0 Å². The first-order valence-corrected chi connectivity index (χ1v) is 7.96. The summed E-state index contributed by atoms with van der Waals surface area (Å²) in [7, 11) is 0. The lowest BCUT2D eigenvalue weighted by molar-refractivity contribution is -0.385. The van der Waals surface area contributed by atoms with Gasteiger partial charge in [-0.3, -0.25) is 14.9 Å². The second-order valence-corrected chi connectivity index (χ2v) is 6.22. The van der Waals surface area contributed by atoms with Crippen molar-refractivity contribution in [3.63, 3.8) is 0 Å². The summed E-state index contributed by atoms with van der Waals surface area (Å²) >= 11 is 0. The summed E-state index contributed by atoms with van der Waals surface area (Å²) in [5.41, 5.74) is 2.90. The third kappa shape index (κ3) is 3.79. The molecule has 0 radical (unpaired) electrons. The fourth-order valence-corrected chi connectivity index (χ4v) is 2.59. The number of hydrogen-bond donors (Lipinski definition) is 1. The van der Waals surface area contributed by atoms with Gasteiger partial charge in [-0.2, -0.15) is 0 Å². The van der Waals surface area contributed by atoms with E-state index in [-0.39, 0.29) is 17.6 Å². The lowest BCUT2D eigenvalue weighted by Crippen LogP contribution is -2.27. The molecule has 24 heavy (non-hydrogen) atoms. The van der Waals surface area contributed by atoms with Crippen molar-refractivity contribution in [3.8, 4) is 0 Å². The van der Waals surface area contributed by atoms with Crippen LogP contribution < -0.4 is 5.32 Å². The number of carbonyl (C=O) groups is 1. The first-order valence-electron chi connectivity index (χ1n) is 7.96. The van der Waals surface area contributed by atoms with E-state index in [0.717, 1.165) is 5.56 Å². The van der Waals surface area contributed by atoms with Crippen LogP contribution in [-0.4, -0.2) is 10.8 Å². The van der Waals surface area contributed by atoms with Crippen LogP contribution in [0.15, 0.2) is 42.5 Å². The van der Waals surface area contributed by atoms with E-state index in [1.165, 1.54) is 17.7 Å². The first-order chi connectivity index (χ1) is 11.3. The Morgan fingerprint density at radius 1 is 1.04 bits per heavy atom. The molecule has 0 saturated heterocycles. The minimum Gasteiger partial charge on any atom is -0.346 e. The van der Waals surface area contributed by atoms with Gasteiger partial charge in [-0.15, -0.1) is 0 Å². The number of amides is 1. The van der Waals surface area contributed by atoms with Crippen LogP contribution in [0.4, 0.5) is 5.69 Å². The summed E-state index contributed by atoms with van der Waals surface area (Å²) in [5, 5.41) is 13.9. The topological polar surface area (TPSA) is 72.2 Å². The van der Waals surface area contributed by atoms with Crippen LogP contribution in [0.1, 0.15) is 59.8 Å². The van der Waals surface area contributed by atoms with Gasteiger partial charge >= 0.3 is 0 Å². The number of nitro benzene ring substituents is 1. The third-order valence-corrected chi connectivity index (χ3v) is 4.20. The summed E-state index contributed by atoms with van der Waals surface area (Å²) in [6, 6.07) is 12.5. The second-order valence-electron chi connectivity index (χ2n) is 6.22. The molecule has 0 bridgehead atoms. The Balaban J connectivity index is 2.17. The largest absolute Gasteiger partial charge is 0.346 e. The van der Waals surface area contributed by atoms with E-state index >= 15 is 0 Å². The molecule has 0 heterocycles. The highest BCUT2D eigenvalue weighted by Crippen LogP contribution is 2.23. The monoisotopic (exact) mass is 326 g/mol. The molecule has 2 aromatic carbocycles. The molecule has 126 valence electrons. The Morgan fingerprint density at radius 2 is 1.62 bits per heavy atom. The maximum absolute atomic E-state index is 12.5. The molecule has 0 spiro atoms. The summed E-state index contributed by atoms with van der Waals surface area (Å²) in [5.74, 6) is 0.146. The molecule has 0 saturated carbocycles. The zero-order valence-electron chi connectivity index (χ0n) is 14.4. The highest BCUT2D eigenvalue weighted by Gasteiger charge is 2.19. The number of hydrogen-bond acceptors (Lipinski definition) is 3. The lowest BCUT2D eigenvalue weighted by atomic mass is 9.99. The number of nitro groups is 1. The number of carbonyl (C=O) groups excluding carboxylic acids is 1. The third-order valence-electron chi connectivity index (χ3n) is 4.20. The van der Waals surface area contributed by atoms with Gasteiger partial charge in [0.1, 0.15) is 0 Å². The van der Waals surface area contributed by atoms with Gasteiger partial charge in [-0.1, -0.05) is 44.2 Å². The average Bonchev–Trinajstić information content (AvgIpc) is 2.54. The fourth-order valence-electron chi connectivity index (χ4n) is 2.59. The molecule has 2 rings (SSSR count). The molecule has 0 aliphatic carbocycles. The number of benzene rings is 2. The van der Waals surface area contributed by atoms with E-state index in [9.17, 15) is 14.9 Å². The maximum Gasteiger partial charge on any atom is 0.273 e. The SMILES string of the molecule is Cc1c(C(=O)NC(C)c2ccc(C(C)C)cc2)cccc1[N+](=O)[O-]. The van der Waals surface area contributed by atoms with Crippen LogP contribution in [0.2, 0.25) is 0 Å². The zero-order valence-corrected chi connectivity index (χ0v) is 14.4. The Morgan fingerprint density at radius 3 is 2.17 bits per heavy atom. The summed E-state index contributed by atoms with van der Waals surface area (Å²) in [6.07, 6.45) is 0. The molecule has 1 unspecified atom stereocenters. The van der Waals surface area contributed by atoms with E-state index < -0.39 is 4.92 Å². The van der Waals surface area contributed by atoms with E-state index in [1.807, 2.05) is 19.1 Å². The molecule has 5 nitrogen and oxygen atoms in total. The standard InChI is InChI=1S/C19H22N2O3/c1-12(2)15-8-10-16(11-9-15)14(4)20-19(22)17-6-5-7-18(13(17)3)21(23)24/h5-12,14H,1-4H3,(H,20,22).